The standard InChI is InChI=1S/C27H35N5O6S2/c1-19(33)23(16-20-7-9-21(10-8-20)38-26(35)31-14-12-30(4)13-15-31)29-25(34)24-27(2,3)39-18-32(24)40(36,37)22-6-5-11-28-17-22/h5-11,17,23-24H,12-16,18H2,1-4H3,(H,29,34). The average Bonchev–Trinajstić information content (AvgIpc) is 3.25. The van der Waals surface area contributed by atoms with Gasteiger partial charge in [-0.3, -0.25) is 14.6 Å². The SMILES string of the molecule is CC(=O)C(Cc1ccc(OC(=O)N2CCN(C)CC2)cc1)NC(=O)C1N(S(=O)(=O)c2cccnc2)CSC1(C)C. The third-order valence-corrected chi connectivity index (χ3v) is 10.5. The number of hydrogen-bond acceptors (Lipinski definition) is 9. The van der Waals surface area contributed by atoms with Crippen LogP contribution in [-0.2, 0) is 26.0 Å². The van der Waals surface area contributed by atoms with Crippen molar-refractivity contribution in [2.45, 2.75) is 48.9 Å². The van der Waals surface area contributed by atoms with Gasteiger partial charge >= 0.3 is 6.09 Å². The molecule has 216 valence electrons. The third kappa shape index (κ3) is 6.82. The van der Waals surface area contributed by atoms with Gasteiger partial charge in [-0.25, -0.2) is 13.2 Å². The van der Waals surface area contributed by atoms with Gasteiger partial charge in [-0.2, -0.15) is 4.31 Å². The zero-order chi connectivity index (χ0) is 29.1. The number of sulfonamides is 1. The van der Waals surface area contributed by atoms with Gasteiger partial charge in [-0.15, -0.1) is 11.8 Å². The molecule has 0 bridgehead atoms. The number of carbonyl (C=O) groups excluding carboxylic acids is 3. The predicted octanol–water partition coefficient (Wildman–Crippen LogP) is 1.99. The smallest absolute Gasteiger partial charge is 0.410 e. The maximum Gasteiger partial charge on any atom is 0.415 e. The molecule has 1 N–H and O–H groups in total. The predicted molar refractivity (Wildman–Crippen MR) is 151 cm³/mol. The van der Waals surface area contributed by atoms with E-state index in [1.165, 1.54) is 47.5 Å². The highest BCUT2D eigenvalue weighted by atomic mass is 32.2. The van der Waals surface area contributed by atoms with Gasteiger partial charge in [0, 0.05) is 43.3 Å². The molecule has 2 aliphatic rings. The number of ketones is 1. The number of carbonyl (C=O) groups is 3. The van der Waals surface area contributed by atoms with E-state index in [0.29, 0.717) is 18.8 Å². The molecular formula is C27H35N5O6S2. The number of aromatic nitrogens is 1. The highest BCUT2D eigenvalue weighted by Gasteiger charge is 2.51. The Kier molecular flexibility index (Phi) is 9.18. The Morgan fingerprint density at radius 3 is 2.40 bits per heavy atom. The first-order valence-electron chi connectivity index (χ1n) is 13.0. The molecule has 2 saturated heterocycles. The van der Waals surface area contributed by atoms with Crippen molar-refractivity contribution in [3.05, 3.63) is 54.4 Å². The first-order chi connectivity index (χ1) is 18.9. The van der Waals surface area contributed by atoms with Crippen LogP contribution < -0.4 is 10.1 Å². The van der Waals surface area contributed by atoms with E-state index in [4.69, 9.17) is 4.74 Å². The van der Waals surface area contributed by atoms with Crippen LogP contribution in [0.1, 0.15) is 26.3 Å². The van der Waals surface area contributed by atoms with Crippen molar-refractivity contribution >= 4 is 39.6 Å². The third-order valence-electron chi connectivity index (χ3n) is 7.14. The lowest BCUT2D eigenvalue weighted by molar-refractivity contribution is -0.129. The zero-order valence-corrected chi connectivity index (χ0v) is 24.7. The van der Waals surface area contributed by atoms with Gasteiger partial charge in [0.1, 0.15) is 16.7 Å². The monoisotopic (exact) mass is 589 g/mol. The summed E-state index contributed by atoms with van der Waals surface area (Å²) in [5.41, 5.74) is 0.750. The van der Waals surface area contributed by atoms with E-state index in [0.717, 1.165) is 18.7 Å². The fraction of sp³-hybridized carbons (Fsp3) is 0.481. The number of nitrogens with one attached hydrogen (secondary N) is 1. The topological polar surface area (TPSA) is 129 Å². The highest BCUT2D eigenvalue weighted by Crippen LogP contribution is 2.42. The number of benzene rings is 1. The van der Waals surface area contributed by atoms with Crippen molar-refractivity contribution in [2.75, 3.05) is 39.1 Å². The second-order valence-corrected chi connectivity index (χ2v) is 14.0. The van der Waals surface area contributed by atoms with Crippen molar-refractivity contribution in [1.29, 1.82) is 0 Å². The van der Waals surface area contributed by atoms with E-state index >= 15 is 0 Å². The number of rotatable bonds is 8. The minimum atomic E-state index is -3.99. The maximum atomic E-state index is 13.5. The molecule has 4 rings (SSSR count). The summed E-state index contributed by atoms with van der Waals surface area (Å²) in [6, 6.07) is 7.87. The Morgan fingerprint density at radius 2 is 1.80 bits per heavy atom. The van der Waals surface area contributed by atoms with E-state index in [1.807, 2.05) is 20.9 Å². The summed E-state index contributed by atoms with van der Waals surface area (Å²) in [6.07, 6.45) is 2.53. The molecule has 2 aliphatic heterocycles. The fourth-order valence-electron chi connectivity index (χ4n) is 4.65. The molecule has 2 atom stereocenters. The van der Waals surface area contributed by atoms with Crippen LogP contribution in [0, 0.1) is 0 Å². The normalized spacial score (nSPS) is 20.6. The molecule has 1 aromatic carbocycles. The van der Waals surface area contributed by atoms with Crippen LogP contribution in [0.3, 0.4) is 0 Å². The average molecular weight is 590 g/mol. The number of amides is 2. The molecule has 0 aliphatic carbocycles. The molecule has 11 nitrogen and oxygen atoms in total. The van der Waals surface area contributed by atoms with Gasteiger partial charge in [0.25, 0.3) is 0 Å². The van der Waals surface area contributed by atoms with Crippen LogP contribution in [0.25, 0.3) is 0 Å². The molecule has 1 aromatic heterocycles. The van der Waals surface area contributed by atoms with Crippen LogP contribution >= 0.6 is 11.8 Å². The minimum Gasteiger partial charge on any atom is -0.410 e. The lowest BCUT2D eigenvalue weighted by atomic mass is 9.99. The number of ether oxygens (including phenoxy) is 1. The van der Waals surface area contributed by atoms with E-state index in [-0.39, 0.29) is 23.0 Å². The molecule has 3 heterocycles. The Morgan fingerprint density at radius 1 is 1.12 bits per heavy atom. The zero-order valence-electron chi connectivity index (χ0n) is 23.1. The Bertz CT molecular complexity index is 1330. The van der Waals surface area contributed by atoms with E-state index in [2.05, 4.69) is 15.2 Å². The number of thioether (sulfide) groups is 1. The molecule has 0 spiro atoms. The summed E-state index contributed by atoms with van der Waals surface area (Å²) in [5.74, 6) is -0.317. The van der Waals surface area contributed by atoms with Crippen molar-refractivity contribution in [2.24, 2.45) is 0 Å². The molecule has 0 saturated carbocycles. The van der Waals surface area contributed by atoms with Gasteiger partial charge in [0.2, 0.25) is 15.9 Å². The molecule has 2 unspecified atom stereocenters. The molecule has 0 radical (unpaired) electrons. The van der Waals surface area contributed by atoms with Gasteiger partial charge in [0.05, 0.1) is 11.9 Å². The lowest BCUT2D eigenvalue weighted by Gasteiger charge is -2.31. The van der Waals surface area contributed by atoms with E-state index < -0.39 is 38.9 Å². The summed E-state index contributed by atoms with van der Waals surface area (Å²) >= 11 is 1.36. The summed E-state index contributed by atoms with van der Waals surface area (Å²) in [4.78, 5) is 46.2. The van der Waals surface area contributed by atoms with Crippen molar-refractivity contribution < 1.29 is 27.5 Å². The van der Waals surface area contributed by atoms with Crippen molar-refractivity contribution in [1.82, 2.24) is 24.4 Å². The largest absolute Gasteiger partial charge is 0.415 e. The number of piperazine rings is 1. The quantitative estimate of drug-likeness (QED) is 0.491. The molecule has 2 aromatic rings. The van der Waals surface area contributed by atoms with Crippen molar-refractivity contribution in [3.63, 3.8) is 0 Å². The lowest BCUT2D eigenvalue weighted by Crippen LogP contribution is -2.56. The second kappa shape index (κ2) is 12.2. The summed E-state index contributed by atoms with van der Waals surface area (Å²) < 4.78 is 32.7. The summed E-state index contributed by atoms with van der Waals surface area (Å²) in [6.45, 7) is 7.79. The Hall–Kier alpha value is -3.00. The van der Waals surface area contributed by atoms with E-state index in [1.54, 1.807) is 29.2 Å². The van der Waals surface area contributed by atoms with Crippen LogP contribution in [0.4, 0.5) is 4.79 Å². The Balaban J connectivity index is 1.43. The van der Waals surface area contributed by atoms with Crippen LogP contribution in [0.15, 0.2) is 53.7 Å². The summed E-state index contributed by atoms with van der Waals surface area (Å²) in [7, 11) is -1.98. The second-order valence-electron chi connectivity index (χ2n) is 10.5. The molecule has 2 fully saturated rings. The van der Waals surface area contributed by atoms with E-state index in [9.17, 15) is 22.8 Å². The number of Topliss-reactive ketones (excluding diaryl/α,β-unsaturated/α-hetero) is 1. The highest BCUT2D eigenvalue weighted by molar-refractivity contribution is 8.02. The van der Waals surface area contributed by atoms with Crippen LogP contribution in [-0.4, -0.2) is 101 Å². The number of nitrogens with zero attached hydrogens (tertiary/aromatic N) is 4. The summed E-state index contributed by atoms with van der Waals surface area (Å²) in [5, 5.41) is 2.79. The molecule has 40 heavy (non-hydrogen) atoms. The maximum absolute atomic E-state index is 13.5. The van der Waals surface area contributed by atoms with Crippen LogP contribution in [0.2, 0.25) is 0 Å². The number of pyridine rings is 1. The number of hydrogen-bond donors (Lipinski definition) is 1. The number of likely N-dealkylation sites (N-methyl/N-ethyl adjacent to an activating group) is 1. The first-order valence-corrected chi connectivity index (χ1v) is 15.4. The van der Waals surface area contributed by atoms with Gasteiger partial charge in [-0.1, -0.05) is 12.1 Å². The molecule has 13 heteroatoms. The van der Waals surface area contributed by atoms with Gasteiger partial charge in [-0.05, 0) is 64.1 Å². The first kappa shape index (κ1) is 30.0. The van der Waals surface area contributed by atoms with Gasteiger partial charge < -0.3 is 19.9 Å². The Labute approximate surface area is 239 Å². The van der Waals surface area contributed by atoms with Crippen molar-refractivity contribution in [3.8, 4) is 5.75 Å². The van der Waals surface area contributed by atoms with Gasteiger partial charge in [0.15, 0.2) is 5.78 Å². The van der Waals surface area contributed by atoms with Crippen LogP contribution in [0.5, 0.6) is 5.75 Å². The molecule has 2 amide bonds. The minimum absolute atomic E-state index is 0.00244. The fourth-order valence-corrected chi connectivity index (χ4v) is 7.78. The molecular weight excluding hydrogens is 554 g/mol.